The third-order valence-electron chi connectivity index (χ3n) is 4.82. The van der Waals surface area contributed by atoms with E-state index in [1.807, 2.05) is 18.2 Å². The van der Waals surface area contributed by atoms with E-state index >= 15 is 0 Å². The Morgan fingerprint density at radius 1 is 1.29 bits per heavy atom. The molecule has 1 heterocycles. The normalized spacial score (nSPS) is 16.0. The lowest BCUT2D eigenvalue weighted by Crippen LogP contribution is -2.42. The number of nitrogens with one attached hydrogen (secondary N) is 2. The first-order chi connectivity index (χ1) is 13.4. The van der Waals surface area contributed by atoms with E-state index in [0.29, 0.717) is 30.5 Å². The van der Waals surface area contributed by atoms with Gasteiger partial charge in [0.25, 0.3) is 0 Å². The summed E-state index contributed by atoms with van der Waals surface area (Å²) >= 11 is 1.02. The second kappa shape index (κ2) is 8.38. The molecule has 2 N–H and O–H groups in total. The molecule has 2 aromatic rings. The number of thiazole rings is 1. The maximum absolute atomic E-state index is 12.6. The van der Waals surface area contributed by atoms with Crippen LogP contribution in [0.4, 0.5) is 13.2 Å². The molecule has 1 aliphatic carbocycles. The Kier molecular flexibility index (Phi) is 6.12. The van der Waals surface area contributed by atoms with Crippen LogP contribution in [0.3, 0.4) is 0 Å². The molecule has 0 unspecified atom stereocenters. The molecule has 0 atom stereocenters. The first-order valence-electron chi connectivity index (χ1n) is 8.97. The van der Waals surface area contributed by atoms with Crippen LogP contribution in [-0.2, 0) is 18.0 Å². The number of hydrogen-bond donors (Lipinski definition) is 2. The van der Waals surface area contributed by atoms with Crippen molar-refractivity contribution in [2.75, 3.05) is 27.2 Å². The van der Waals surface area contributed by atoms with Gasteiger partial charge in [0.05, 0.1) is 12.1 Å². The van der Waals surface area contributed by atoms with Crippen LogP contribution < -0.4 is 15.4 Å². The van der Waals surface area contributed by atoms with Gasteiger partial charge in [0.1, 0.15) is 5.75 Å². The van der Waals surface area contributed by atoms with E-state index in [4.69, 9.17) is 4.74 Å². The zero-order chi connectivity index (χ0) is 20.2. The Morgan fingerprint density at radius 2 is 2.04 bits per heavy atom. The standard InChI is InChI=1S/C19H23F3N4OS/c1-23-17(24-10-7-16-26-15(11-28-16)19(20,21)22)25-12-18(8-9-18)13-5-3-4-6-14(13)27-2/h3-6,11H,7-10,12H2,1-2H3,(H2,23,24,25). The van der Waals surface area contributed by atoms with Gasteiger partial charge in [-0.05, 0) is 18.9 Å². The maximum Gasteiger partial charge on any atom is 0.434 e. The Hall–Kier alpha value is -2.29. The quantitative estimate of drug-likeness (QED) is 0.539. The van der Waals surface area contributed by atoms with Crippen molar-refractivity contribution in [2.45, 2.75) is 30.9 Å². The predicted molar refractivity (Wildman–Crippen MR) is 104 cm³/mol. The van der Waals surface area contributed by atoms with Gasteiger partial charge in [0.2, 0.25) is 0 Å². The fourth-order valence-corrected chi connectivity index (χ4v) is 3.90. The van der Waals surface area contributed by atoms with Gasteiger partial charge in [-0.3, -0.25) is 4.99 Å². The number of aromatic nitrogens is 1. The van der Waals surface area contributed by atoms with Crippen molar-refractivity contribution in [1.82, 2.24) is 15.6 Å². The van der Waals surface area contributed by atoms with Gasteiger partial charge in [-0.2, -0.15) is 13.2 Å². The van der Waals surface area contributed by atoms with Crippen LogP contribution >= 0.6 is 11.3 Å². The van der Waals surface area contributed by atoms with E-state index < -0.39 is 11.9 Å². The van der Waals surface area contributed by atoms with E-state index in [2.05, 4.69) is 26.7 Å². The summed E-state index contributed by atoms with van der Waals surface area (Å²) in [5, 5.41) is 7.96. The number of ether oxygens (including phenoxy) is 1. The van der Waals surface area contributed by atoms with Crippen LogP contribution in [0.1, 0.15) is 29.1 Å². The van der Waals surface area contributed by atoms with Crippen LogP contribution in [-0.4, -0.2) is 38.2 Å². The molecule has 1 aromatic heterocycles. The van der Waals surface area contributed by atoms with Crippen LogP contribution in [0.25, 0.3) is 0 Å². The monoisotopic (exact) mass is 412 g/mol. The molecule has 1 fully saturated rings. The summed E-state index contributed by atoms with van der Waals surface area (Å²) in [5.74, 6) is 1.50. The second-order valence-electron chi connectivity index (χ2n) is 6.71. The summed E-state index contributed by atoms with van der Waals surface area (Å²) in [5.41, 5.74) is 0.381. The molecule has 1 aliphatic rings. The van der Waals surface area contributed by atoms with Gasteiger partial charge in [0, 0.05) is 42.9 Å². The van der Waals surface area contributed by atoms with Crippen molar-refractivity contribution in [3.05, 3.63) is 45.9 Å². The molecule has 0 bridgehead atoms. The van der Waals surface area contributed by atoms with Crippen LogP contribution in [0.15, 0.2) is 34.6 Å². The minimum absolute atomic E-state index is 0.0289. The van der Waals surface area contributed by atoms with Gasteiger partial charge in [-0.15, -0.1) is 11.3 Å². The molecular formula is C19H23F3N4OS. The smallest absolute Gasteiger partial charge is 0.434 e. The fraction of sp³-hybridized carbons (Fsp3) is 0.474. The molecular weight excluding hydrogens is 389 g/mol. The molecule has 0 amide bonds. The van der Waals surface area contributed by atoms with Crippen molar-refractivity contribution >= 4 is 17.3 Å². The average molecular weight is 412 g/mol. The molecule has 0 saturated heterocycles. The van der Waals surface area contributed by atoms with Gasteiger partial charge in [0.15, 0.2) is 11.7 Å². The number of nitrogens with zero attached hydrogens (tertiary/aromatic N) is 2. The lowest BCUT2D eigenvalue weighted by atomic mass is 9.95. The third kappa shape index (κ3) is 4.76. The number of para-hydroxylation sites is 1. The van der Waals surface area contributed by atoms with Crippen molar-refractivity contribution in [3.63, 3.8) is 0 Å². The number of rotatable bonds is 7. The van der Waals surface area contributed by atoms with E-state index in [9.17, 15) is 13.2 Å². The highest BCUT2D eigenvalue weighted by atomic mass is 32.1. The highest BCUT2D eigenvalue weighted by Gasteiger charge is 2.46. The molecule has 3 rings (SSSR count). The Balaban J connectivity index is 1.51. The number of guanidine groups is 1. The van der Waals surface area contributed by atoms with Gasteiger partial charge >= 0.3 is 6.18 Å². The predicted octanol–water partition coefficient (Wildman–Crippen LogP) is 3.61. The van der Waals surface area contributed by atoms with Gasteiger partial charge in [-0.1, -0.05) is 18.2 Å². The molecule has 0 radical (unpaired) electrons. The summed E-state index contributed by atoms with van der Waals surface area (Å²) in [4.78, 5) is 7.83. The highest BCUT2D eigenvalue weighted by molar-refractivity contribution is 7.09. The minimum atomic E-state index is -4.39. The molecule has 1 saturated carbocycles. The van der Waals surface area contributed by atoms with Crippen LogP contribution in [0, 0.1) is 0 Å². The van der Waals surface area contributed by atoms with Crippen molar-refractivity contribution in [1.29, 1.82) is 0 Å². The molecule has 9 heteroatoms. The third-order valence-corrected chi connectivity index (χ3v) is 5.73. The topological polar surface area (TPSA) is 58.5 Å². The molecule has 28 heavy (non-hydrogen) atoms. The first kappa shape index (κ1) is 20.4. The molecule has 5 nitrogen and oxygen atoms in total. The number of halogens is 3. The maximum atomic E-state index is 12.6. The number of alkyl halides is 3. The number of methoxy groups -OCH3 is 1. The molecule has 0 spiro atoms. The van der Waals surface area contributed by atoms with E-state index in [0.717, 1.165) is 35.3 Å². The Labute approximate surface area is 166 Å². The summed E-state index contributed by atoms with van der Waals surface area (Å²) < 4.78 is 43.3. The summed E-state index contributed by atoms with van der Waals surface area (Å²) in [6.45, 7) is 1.16. The molecule has 1 aromatic carbocycles. The zero-order valence-electron chi connectivity index (χ0n) is 15.8. The van der Waals surface area contributed by atoms with E-state index in [1.54, 1.807) is 14.2 Å². The number of hydrogen-bond acceptors (Lipinski definition) is 4. The van der Waals surface area contributed by atoms with E-state index in [1.165, 1.54) is 5.56 Å². The highest BCUT2D eigenvalue weighted by Crippen LogP contribution is 2.50. The average Bonchev–Trinajstić information content (AvgIpc) is 3.31. The summed E-state index contributed by atoms with van der Waals surface area (Å²) in [7, 11) is 3.34. The summed E-state index contributed by atoms with van der Waals surface area (Å²) in [6, 6.07) is 8.01. The van der Waals surface area contributed by atoms with Crippen LogP contribution in [0.2, 0.25) is 0 Å². The second-order valence-corrected chi connectivity index (χ2v) is 7.65. The van der Waals surface area contributed by atoms with Gasteiger partial charge < -0.3 is 15.4 Å². The Morgan fingerprint density at radius 3 is 2.64 bits per heavy atom. The number of aliphatic imine (C=N–C) groups is 1. The van der Waals surface area contributed by atoms with Crippen molar-refractivity contribution in [3.8, 4) is 5.75 Å². The molecule has 152 valence electrons. The van der Waals surface area contributed by atoms with Crippen LogP contribution in [0.5, 0.6) is 5.75 Å². The summed E-state index contributed by atoms with van der Waals surface area (Å²) in [6.07, 6.45) is -1.86. The lowest BCUT2D eigenvalue weighted by molar-refractivity contribution is -0.140. The molecule has 0 aliphatic heterocycles. The minimum Gasteiger partial charge on any atom is -0.496 e. The number of benzene rings is 1. The first-order valence-corrected chi connectivity index (χ1v) is 9.85. The Bertz CT molecular complexity index is 831. The van der Waals surface area contributed by atoms with E-state index in [-0.39, 0.29) is 5.41 Å². The van der Waals surface area contributed by atoms with Crippen molar-refractivity contribution in [2.24, 2.45) is 4.99 Å². The van der Waals surface area contributed by atoms with Gasteiger partial charge in [-0.25, -0.2) is 4.98 Å². The lowest BCUT2D eigenvalue weighted by Gasteiger charge is -2.21. The van der Waals surface area contributed by atoms with Crippen molar-refractivity contribution < 1.29 is 17.9 Å². The zero-order valence-corrected chi connectivity index (χ0v) is 16.6. The fourth-order valence-electron chi connectivity index (χ4n) is 3.09. The largest absolute Gasteiger partial charge is 0.496 e. The SMILES string of the molecule is CN=C(NCCc1nc(C(F)(F)F)cs1)NCC1(c2ccccc2OC)CC1.